The van der Waals surface area contributed by atoms with Gasteiger partial charge in [0.05, 0.1) is 13.0 Å². The predicted molar refractivity (Wildman–Crippen MR) is 92.0 cm³/mol. The number of hydrogen-bond donors (Lipinski definition) is 1. The maximum atomic E-state index is 12.3. The van der Waals surface area contributed by atoms with Crippen LogP contribution < -0.4 is 4.74 Å². The highest BCUT2D eigenvalue weighted by Gasteiger charge is 2.31. The van der Waals surface area contributed by atoms with Gasteiger partial charge in [-0.15, -0.1) is 13.2 Å². The van der Waals surface area contributed by atoms with Crippen LogP contribution >= 0.6 is 0 Å². The average molecular weight is 397 g/mol. The molecule has 2 rings (SSSR count). The Morgan fingerprint density at radius 1 is 1.14 bits per heavy atom. The molecule has 0 saturated carbocycles. The van der Waals surface area contributed by atoms with Crippen molar-refractivity contribution in [1.29, 1.82) is 0 Å². The summed E-state index contributed by atoms with van der Waals surface area (Å²) in [7, 11) is 0. The molecule has 1 aromatic heterocycles. The van der Waals surface area contributed by atoms with Gasteiger partial charge in [0.1, 0.15) is 17.2 Å². The molecule has 28 heavy (non-hydrogen) atoms. The molecule has 0 bridgehead atoms. The molecule has 6 nitrogen and oxygen atoms in total. The number of aromatic hydroxyl groups is 1. The van der Waals surface area contributed by atoms with E-state index >= 15 is 0 Å². The number of ether oxygens (including phenoxy) is 2. The Morgan fingerprint density at radius 3 is 2.57 bits per heavy atom. The van der Waals surface area contributed by atoms with Gasteiger partial charge in [0.15, 0.2) is 5.78 Å². The van der Waals surface area contributed by atoms with Crippen molar-refractivity contribution in [3.63, 3.8) is 0 Å². The Bertz CT molecular complexity index is 852. The minimum Gasteiger partial charge on any atom is -0.506 e. The van der Waals surface area contributed by atoms with Gasteiger partial charge in [-0.05, 0) is 36.8 Å². The van der Waals surface area contributed by atoms with Crippen LogP contribution in [0.15, 0.2) is 36.4 Å². The summed E-state index contributed by atoms with van der Waals surface area (Å²) in [5.74, 6) is -1.78. The Morgan fingerprint density at radius 2 is 1.89 bits per heavy atom. The number of alkyl halides is 3. The van der Waals surface area contributed by atoms with E-state index in [-0.39, 0.29) is 43.1 Å². The number of rotatable bonds is 8. The van der Waals surface area contributed by atoms with Crippen molar-refractivity contribution in [2.24, 2.45) is 0 Å². The van der Waals surface area contributed by atoms with Crippen LogP contribution in [-0.4, -0.2) is 34.8 Å². The molecule has 0 fully saturated rings. The third-order valence-corrected chi connectivity index (χ3v) is 3.57. The third kappa shape index (κ3) is 6.57. The summed E-state index contributed by atoms with van der Waals surface area (Å²) >= 11 is 0. The number of hydrogen-bond acceptors (Lipinski definition) is 6. The molecule has 0 aliphatic carbocycles. The van der Waals surface area contributed by atoms with E-state index in [1.54, 1.807) is 13.0 Å². The highest BCUT2D eigenvalue weighted by Crippen LogP contribution is 2.25. The fourth-order valence-electron chi connectivity index (χ4n) is 2.42. The van der Waals surface area contributed by atoms with Crippen LogP contribution in [0.5, 0.6) is 11.5 Å². The van der Waals surface area contributed by atoms with Crippen molar-refractivity contribution >= 4 is 11.8 Å². The normalized spacial score (nSPS) is 11.1. The van der Waals surface area contributed by atoms with Gasteiger partial charge in [-0.1, -0.05) is 12.1 Å². The molecular weight excluding hydrogens is 379 g/mol. The molecule has 0 unspecified atom stereocenters. The zero-order valence-electron chi connectivity index (χ0n) is 15.0. The number of nitrogens with zero attached hydrogens (tertiary/aromatic N) is 1. The Balaban J connectivity index is 2.11. The van der Waals surface area contributed by atoms with Crippen molar-refractivity contribution in [3.05, 3.63) is 53.3 Å². The zero-order chi connectivity index (χ0) is 20.7. The molecule has 2 aromatic rings. The highest BCUT2D eigenvalue weighted by molar-refractivity contribution is 5.98. The number of carbonyl (C=O) groups excluding carboxylic acids is 2. The zero-order valence-corrected chi connectivity index (χ0v) is 15.0. The Labute approximate surface area is 158 Å². The van der Waals surface area contributed by atoms with Gasteiger partial charge >= 0.3 is 12.3 Å². The van der Waals surface area contributed by atoms with Crippen molar-refractivity contribution in [2.45, 2.75) is 32.5 Å². The second kappa shape index (κ2) is 9.20. The Kier molecular flexibility index (Phi) is 6.97. The van der Waals surface area contributed by atoms with Crippen LogP contribution in [0.1, 0.15) is 41.5 Å². The first-order chi connectivity index (χ1) is 13.2. The molecule has 1 heterocycles. The summed E-state index contributed by atoms with van der Waals surface area (Å²) < 4.78 is 45.6. The van der Waals surface area contributed by atoms with Crippen molar-refractivity contribution in [1.82, 2.24) is 4.98 Å². The van der Waals surface area contributed by atoms with Crippen LogP contribution in [0.25, 0.3) is 0 Å². The second-order valence-electron chi connectivity index (χ2n) is 5.77. The van der Waals surface area contributed by atoms with E-state index in [1.807, 2.05) is 0 Å². The van der Waals surface area contributed by atoms with Gasteiger partial charge in [-0.3, -0.25) is 9.59 Å². The molecule has 9 heteroatoms. The molecule has 1 N–H and O–H groups in total. The lowest BCUT2D eigenvalue weighted by molar-refractivity contribution is -0.274. The molecule has 1 aromatic carbocycles. The summed E-state index contributed by atoms with van der Waals surface area (Å²) in [6, 6.07) is 8.10. The van der Waals surface area contributed by atoms with Crippen LogP contribution in [0.2, 0.25) is 0 Å². The molecule has 0 spiro atoms. The smallest absolute Gasteiger partial charge is 0.506 e. The molecule has 0 atom stereocenters. The molecule has 0 aliphatic heterocycles. The minimum atomic E-state index is -4.80. The fraction of sp³-hybridized carbons (Fsp3) is 0.316. The van der Waals surface area contributed by atoms with E-state index in [0.717, 1.165) is 0 Å². The van der Waals surface area contributed by atoms with E-state index < -0.39 is 18.1 Å². The quantitative estimate of drug-likeness (QED) is 0.539. The molecule has 0 radical (unpaired) electrons. The molecule has 0 aliphatic rings. The van der Waals surface area contributed by atoms with Gasteiger partial charge < -0.3 is 14.6 Å². The lowest BCUT2D eigenvalue weighted by Crippen LogP contribution is -2.17. The maximum absolute atomic E-state index is 12.3. The van der Waals surface area contributed by atoms with Gasteiger partial charge in [0, 0.05) is 18.5 Å². The number of pyridine rings is 1. The first kappa shape index (κ1) is 21.2. The lowest BCUT2D eigenvalue weighted by atomic mass is 10.1. The average Bonchev–Trinajstić information content (AvgIpc) is 2.60. The largest absolute Gasteiger partial charge is 0.573 e. The maximum Gasteiger partial charge on any atom is 0.573 e. The lowest BCUT2D eigenvalue weighted by Gasteiger charge is -2.10. The van der Waals surface area contributed by atoms with Gasteiger partial charge in [-0.25, -0.2) is 4.98 Å². The number of benzene rings is 1. The topological polar surface area (TPSA) is 85.7 Å². The van der Waals surface area contributed by atoms with Crippen molar-refractivity contribution in [2.75, 3.05) is 6.61 Å². The highest BCUT2D eigenvalue weighted by atomic mass is 19.4. The molecule has 0 amide bonds. The standard InChI is InChI=1S/C19H18F3NO5/c1-2-27-17(26)9-8-16(25)18-15(24)7-6-13(23-18)10-12-4-3-5-14(11-12)28-19(20,21)22/h3-7,11,24H,2,8-10H2,1H3. The van der Waals surface area contributed by atoms with Crippen LogP contribution in [0, 0.1) is 0 Å². The first-order valence-corrected chi connectivity index (χ1v) is 8.40. The third-order valence-electron chi connectivity index (χ3n) is 3.57. The van der Waals surface area contributed by atoms with E-state index in [4.69, 9.17) is 4.74 Å². The fourth-order valence-corrected chi connectivity index (χ4v) is 2.42. The molecule has 0 saturated heterocycles. The summed E-state index contributed by atoms with van der Waals surface area (Å²) in [5.41, 5.74) is 0.635. The number of esters is 1. The number of carbonyl (C=O) groups is 2. The van der Waals surface area contributed by atoms with Crippen molar-refractivity contribution in [3.8, 4) is 11.5 Å². The first-order valence-electron chi connectivity index (χ1n) is 8.40. The van der Waals surface area contributed by atoms with Gasteiger partial charge in [0.2, 0.25) is 0 Å². The summed E-state index contributed by atoms with van der Waals surface area (Å²) in [5, 5.41) is 9.87. The number of ketones is 1. The van der Waals surface area contributed by atoms with Crippen LogP contribution in [0.4, 0.5) is 13.2 Å². The predicted octanol–water partition coefficient (Wildman–Crippen LogP) is 3.80. The van der Waals surface area contributed by atoms with Crippen LogP contribution in [0.3, 0.4) is 0 Å². The van der Waals surface area contributed by atoms with E-state index in [1.165, 1.54) is 30.3 Å². The van der Waals surface area contributed by atoms with Gasteiger partial charge in [0.25, 0.3) is 0 Å². The Hall–Kier alpha value is -3.10. The number of Topliss-reactive ketones (excluding diaryl/α,β-unsaturated/α-hetero) is 1. The van der Waals surface area contributed by atoms with E-state index in [0.29, 0.717) is 11.3 Å². The summed E-state index contributed by atoms with van der Waals surface area (Å²) in [6.07, 6.45) is -5.01. The second-order valence-corrected chi connectivity index (χ2v) is 5.77. The molecular formula is C19H18F3NO5. The minimum absolute atomic E-state index is 0.119. The summed E-state index contributed by atoms with van der Waals surface area (Å²) in [4.78, 5) is 27.6. The number of aromatic nitrogens is 1. The summed E-state index contributed by atoms with van der Waals surface area (Å²) in [6.45, 7) is 1.84. The SMILES string of the molecule is CCOC(=O)CCC(=O)c1nc(Cc2cccc(OC(F)(F)F)c2)ccc1O. The number of halogens is 3. The van der Waals surface area contributed by atoms with Gasteiger partial charge in [-0.2, -0.15) is 0 Å². The van der Waals surface area contributed by atoms with E-state index in [9.17, 15) is 27.9 Å². The molecule has 150 valence electrons. The van der Waals surface area contributed by atoms with Crippen molar-refractivity contribution < 1.29 is 37.3 Å². The van der Waals surface area contributed by atoms with E-state index in [2.05, 4.69) is 9.72 Å². The monoisotopic (exact) mass is 397 g/mol. The van der Waals surface area contributed by atoms with Crippen LogP contribution in [-0.2, 0) is 16.0 Å².